The van der Waals surface area contributed by atoms with Crippen molar-refractivity contribution >= 4 is 8.32 Å². The Kier molecular flexibility index (Phi) is 5.14. The highest BCUT2D eigenvalue weighted by molar-refractivity contribution is 6.73. The Hall–Kier alpha value is -0.123. The van der Waals surface area contributed by atoms with Crippen LogP contribution in [-0.2, 0) is 4.43 Å². The second-order valence-corrected chi connectivity index (χ2v) is 11.5. The van der Waals surface area contributed by atoms with Crippen molar-refractivity contribution in [2.75, 3.05) is 0 Å². The topological polar surface area (TPSA) is 29.5 Å². The van der Waals surface area contributed by atoms with E-state index in [1.807, 2.05) is 0 Å². The zero-order chi connectivity index (χ0) is 14.8. The first-order valence-corrected chi connectivity index (χ1v) is 11.1. The van der Waals surface area contributed by atoms with Crippen LogP contribution >= 0.6 is 0 Å². The lowest BCUT2D eigenvalue weighted by Crippen LogP contribution is -2.50. The van der Waals surface area contributed by atoms with Gasteiger partial charge in [0, 0.05) is 0 Å². The zero-order valence-electron chi connectivity index (χ0n) is 13.7. The van der Waals surface area contributed by atoms with E-state index in [2.05, 4.69) is 33.8 Å². The summed E-state index contributed by atoms with van der Waals surface area (Å²) in [5.41, 5.74) is 1.38. The summed E-state index contributed by atoms with van der Waals surface area (Å²) in [6.45, 7) is 9.27. The van der Waals surface area contributed by atoms with Crippen molar-refractivity contribution in [2.24, 2.45) is 5.92 Å². The molecule has 2 nitrogen and oxygen atoms in total. The number of hydrogen-bond donors (Lipinski definition) is 1. The second-order valence-electron chi connectivity index (χ2n) is 6.83. The van der Waals surface area contributed by atoms with Crippen LogP contribution in [0.4, 0.5) is 0 Å². The lowest BCUT2D eigenvalue weighted by atomic mass is 9.83. The average Bonchev–Trinajstić information content (AvgIpc) is 2.81. The predicted octanol–water partition coefficient (Wildman–Crippen LogP) is 4.65. The molecule has 0 amide bonds. The minimum Gasteiger partial charge on any atom is -0.407 e. The summed E-state index contributed by atoms with van der Waals surface area (Å²) in [6, 6.07) is 3.64. The van der Waals surface area contributed by atoms with E-state index in [4.69, 9.17) is 4.43 Å². The molecule has 1 saturated carbocycles. The standard InChI is InChI=1S/C17H32O2Si/c1-5-20(6-2,7-3)19-17-12-8-9-15(17)13-16(18)11-10-14(17)4/h13-14,16,18H,5-12H2,1-4H3/t14-,16?,17+/m0/s1. The molecule has 2 aliphatic carbocycles. The molecule has 1 unspecified atom stereocenters. The fraction of sp³-hybridized carbons (Fsp3) is 0.882. The molecule has 0 bridgehead atoms. The van der Waals surface area contributed by atoms with Crippen LogP contribution in [0.1, 0.15) is 59.8 Å². The normalized spacial score (nSPS) is 34.5. The summed E-state index contributed by atoms with van der Waals surface area (Å²) < 4.78 is 7.04. The fourth-order valence-electron chi connectivity index (χ4n) is 4.24. The maximum atomic E-state index is 10.1. The Bertz CT molecular complexity index is 354. The second kappa shape index (κ2) is 6.33. The largest absolute Gasteiger partial charge is 0.407 e. The molecule has 0 saturated heterocycles. The number of rotatable bonds is 5. The number of hydrogen-bond acceptors (Lipinski definition) is 2. The smallest absolute Gasteiger partial charge is 0.193 e. The third-order valence-electron chi connectivity index (χ3n) is 5.95. The molecule has 116 valence electrons. The molecule has 3 atom stereocenters. The molecular weight excluding hydrogens is 264 g/mol. The minimum absolute atomic E-state index is 0.0360. The maximum Gasteiger partial charge on any atom is 0.193 e. The van der Waals surface area contributed by atoms with E-state index in [9.17, 15) is 5.11 Å². The third-order valence-corrected chi connectivity index (χ3v) is 10.6. The van der Waals surface area contributed by atoms with E-state index < -0.39 is 8.32 Å². The Balaban J connectivity index is 2.35. The van der Waals surface area contributed by atoms with Gasteiger partial charge >= 0.3 is 0 Å². The van der Waals surface area contributed by atoms with Crippen LogP contribution in [0.15, 0.2) is 11.6 Å². The summed E-state index contributed by atoms with van der Waals surface area (Å²) >= 11 is 0. The van der Waals surface area contributed by atoms with E-state index in [0.717, 1.165) is 19.3 Å². The van der Waals surface area contributed by atoms with Crippen molar-refractivity contribution < 1.29 is 9.53 Å². The van der Waals surface area contributed by atoms with Crippen molar-refractivity contribution in [1.29, 1.82) is 0 Å². The Labute approximate surface area is 125 Å². The van der Waals surface area contributed by atoms with Gasteiger partial charge in [-0.2, -0.15) is 0 Å². The fourth-order valence-corrected chi connectivity index (χ4v) is 7.38. The molecule has 0 aromatic heterocycles. The van der Waals surface area contributed by atoms with Gasteiger partial charge < -0.3 is 9.53 Å². The highest BCUT2D eigenvalue weighted by Crippen LogP contribution is 2.49. The predicted molar refractivity (Wildman–Crippen MR) is 87.4 cm³/mol. The molecule has 3 heteroatoms. The van der Waals surface area contributed by atoms with Crippen LogP contribution in [-0.4, -0.2) is 25.1 Å². The van der Waals surface area contributed by atoms with E-state index >= 15 is 0 Å². The van der Waals surface area contributed by atoms with Crippen LogP contribution in [0.25, 0.3) is 0 Å². The van der Waals surface area contributed by atoms with Crippen molar-refractivity contribution in [2.45, 2.75) is 89.6 Å². The molecule has 0 radical (unpaired) electrons. The molecule has 0 aliphatic heterocycles. The van der Waals surface area contributed by atoms with Gasteiger partial charge in [0.15, 0.2) is 8.32 Å². The number of aliphatic hydroxyl groups excluding tert-OH is 1. The van der Waals surface area contributed by atoms with Gasteiger partial charge in [-0.25, -0.2) is 0 Å². The average molecular weight is 297 g/mol. The highest BCUT2D eigenvalue weighted by Gasteiger charge is 2.49. The van der Waals surface area contributed by atoms with Crippen LogP contribution < -0.4 is 0 Å². The summed E-state index contributed by atoms with van der Waals surface area (Å²) in [6.07, 6.45) is 7.39. The van der Waals surface area contributed by atoms with Crippen molar-refractivity contribution in [3.8, 4) is 0 Å². The Morgan fingerprint density at radius 1 is 1.25 bits per heavy atom. The Morgan fingerprint density at radius 3 is 2.50 bits per heavy atom. The molecule has 20 heavy (non-hydrogen) atoms. The Morgan fingerprint density at radius 2 is 1.90 bits per heavy atom. The van der Waals surface area contributed by atoms with Crippen molar-refractivity contribution in [1.82, 2.24) is 0 Å². The number of fused-ring (bicyclic) bond motifs is 1. The zero-order valence-corrected chi connectivity index (χ0v) is 14.7. The number of aliphatic hydroxyl groups is 1. The molecule has 0 aromatic rings. The van der Waals surface area contributed by atoms with E-state index in [1.165, 1.54) is 36.5 Å². The summed E-state index contributed by atoms with van der Waals surface area (Å²) in [5, 5.41) is 10.1. The lowest BCUT2D eigenvalue weighted by Gasteiger charge is -2.44. The first kappa shape index (κ1) is 16.3. The van der Waals surface area contributed by atoms with Gasteiger partial charge in [0.05, 0.1) is 11.7 Å². The van der Waals surface area contributed by atoms with Gasteiger partial charge in [-0.05, 0) is 61.7 Å². The lowest BCUT2D eigenvalue weighted by molar-refractivity contribution is 0.0413. The monoisotopic (exact) mass is 296 g/mol. The van der Waals surface area contributed by atoms with E-state index in [-0.39, 0.29) is 11.7 Å². The van der Waals surface area contributed by atoms with Crippen LogP contribution in [0.5, 0.6) is 0 Å². The first-order valence-electron chi connectivity index (χ1n) is 8.61. The van der Waals surface area contributed by atoms with Crippen LogP contribution in [0.2, 0.25) is 18.1 Å². The highest BCUT2D eigenvalue weighted by atomic mass is 28.4. The molecule has 1 fully saturated rings. The molecule has 1 N–H and O–H groups in total. The van der Waals surface area contributed by atoms with Gasteiger partial charge in [-0.15, -0.1) is 0 Å². The molecular formula is C17H32O2Si. The molecule has 2 aliphatic rings. The van der Waals surface area contributed by atoms with Crippen LogP contribution in [0.3, 0.4) is 0 Å². The SMILES string of the molecule is CC[Si](CC)(CC)O[C@@]12CCCC1=CC(O)CC[C@@H]2C. The van der Waals surface area contributed by atoms with Gasteiger partial charge in [0.25, 0.3) is 0 Å². The third kappa shape index (κ3) is 2.77. The summed E-state index contributed by atoms with van der Waals surface area (Å²) in [7, 11) is -1.61. The van der Waals surface area contributed by atoms with Gasteiger partial charge in [0.2, 0.25) is 0 Å². The maximum absolute atomic E-state index is 10.1. The molecule has 2 rings (SSSR count). The minimum atomic E-state index is -1.61. The summed E-state index contributed by atoms with van der Waals surface area (Å²) in [4.78, 5) is 0. The van der Waals surface area contributed by atoms with Gasteiger partial charge in [0.1, 0.15) is 0 Å². The van der Waals surface area contributed by atoms with Gasteiger partial charge in [-0.1, -0.05) is 33.8 Å². The molecule has 0 spiro atoms. The molecule has 0 heterocycles. The quantitative estimate of drug-likeness (QED) is 0.591. The van der Waals surface area contributed by atoms with Gasteiger partial charge in [-0.3, -0.25) is 0 Å². The van der Waals surface area contributed by atoms with E-state index in [0.29, 0.717) is 5.92 Å². The summed E-state index contributed by atoms with van der Waals surface area (Å²) in [5.74, 6) is 0.546. The van der Waals surface area contributed by atoms with Crippen molar-refractivity contribution in [3.63, 3.8) is 0 Å². The first-order chi connectivity index (χ1) is 9.52. The van der Waals surface area contributed by atoms with Crippen LogP contribution in [0, 0.1) is 5.92 Å². The van der Waals surface area contributed by atoms with E-state index in [1.54, 1.807) is 0 Å². The van der Waals surface area contributed by atoms with Crippen molar-refractivity contribution in [3.05, 3.63) is 11.6 Å². The molecule has 0 aromatic carbocycles.